The number of carbonyl (C=O) groups excluding carboxylic acids is 3. The van der Waals surface area contributed by atoms with Crippen molar-refractivity contribution in [2.45, 2.75) is 18.6 Å². The van der Waals surface area contributed by atoms with Crippen molar-refractivity contribution in [2.75, 3.05) is 22.6 Å². The lowest BCUT2D eigenvalue weighted by molar-refractivity contribution is -0.121. The van der Waals surface area contributed by atoms with Crippen molar-refractivity contribution >= 4 is 51.6 Å². The van der Waals surface area contributed by atoms with Gasteiger partial charge in [-0.15, -0.1) is 11.8 Å². The number of carbonyl (C=O) groups is 3. The lowest BCUT2D eigenvalue weighted by Gasteiger charge is -2.16. The zero-order chi connectivity index (χ0) is 21.8. The van der Waals surface area contributed by atoms with E-state index in [-0.39, 0.29) is 29.9 Å². The van der Waals surface area contributed by atoms with Gasteiger partial charge in [0.15, 0.2) is 0 Å². The highest BCUT2D eigenvalue weighted by Gasteiger charge is 2.40. The summed E-state index contributed by atoms with van der Waals surface area (Å²) in [5, 5.41) is 4.42. The van der Waals surface area contributed by atoms with Gasteiger partial charge in [0.05, 0.1) is 23.3 Å². The highest BCUT2D eigenvalue weighted by molar-refractivity contribution is 8.01. The fourth-order valence-corrected chi connectivity index (χ4v) is 4.46. The summed E-state index contributed by atoms with van der Waals surface area (Å²) >= 11 is 1.18. The number of benzene rings is 3. The number of nitrogens with zero attached hydrogens (tertiary/aromatic N) is 1. The minimum atomic E-state index is -0.578. The Bertz CT molecular complexity index is 1150. The largest absolute Gasteiger partial charge is 0.494 e. The Kier molecular flexibility index (Phi) is 6.23. The summed E-state index contributed by atoms with van der Waals surface area (Å²) in [6, 6.07) is 20.5. The minimum absolute atomic E-state index is 0.0750. The SMILES string of the molecule is CCOc1cccc(N2C(=O)C[C@H](SCC(=O)Nc3ccc4ccccc4c3)C2=O)c1. The molecule has 0 spiro atoms. The zero-order valence-corrected chi connectivity index (χ0v) is 17.9. The molecule has 1 N–H and O–H groups in total. The quantitative estimate of drug-likeness (QED) is 0.563. The number of thioether (sulfide) groups is 1. The molecule has 7 heteroatoms. The van der Waals surface area contributed by atoms with E-state index in [4.69, 9.17) is 4.74 Å². The molecule has 4 rings (SSSR count). The van der Waals surface area contributed by atoms with Gasteiger partial charge in [-0.2, -0.15) is 0 Å². The van der Waals surface area contributed by atoms with Crippen LogP contribution < -0.4 is 15.0 Å². The molecule has 0 aliphatic carbocycles. The van der Waals surface area contributed by atoms with Crippen molar-refractivity contribution in [3.8, 4) is 5.75 Å². The van der Waals surface area contributed by atoms with Crippen LogP contribution in [0, 0.1) is 0 Å². The van der Waals surface area contributed by atoms with Gasteiger partial charge in [-0.1, -0.05) is 36.4 Å². The molecule has 0 bridgehead atoms. The third kappa shape index (κ3) is 4.72. The number of hydrogen-bond acceptors (Lipinski definition) is 5. The van der Waals surface area contributed by atoms with Crippen LogP contribution in [-0.2, 0) is 14.4 Å². The van der Waals surface area contributed by atoms with Crippen LogP contribution in [0.5, 0.6) is 5.75 Å². The van der Waals surface area contributed by atoms with Crippen LogP contribution in [0.15, 0.2) is 66.7 Å². The maximum atomic E-state index is 12.8. The predicted octanol–water partition coefficient (Wildman–Crippen LogP) is 4.24. The van der Waals surface area contributed by atoms with Crippen LogP contribution in [0.2, 0.25) is 0 Å². The molecule has 3 aromatic carbocycles. The Labute approximate surface area is 184 Å². The Balaban J connectivity index is 1.37. The Morgan fingerprint density at radius 2 is 1.87 bits per heavy atom. The fourth-order valence-electron chi connectivity index (χ4n) is 3.53. The molecular weight excluding hydrogens is 412 g/mol. The van der Waals surface area contributed by atoms with Gasteiger partial charge in [0.1, 0.15) is 5.75 Å². The number of rotatable bonds is 7. The standard InChI is InChI=1S/C24H22N2O4S/c1-2-30-20-9-5-8-19(13-20)26-23(28)14-21(24(26)29)31-15-22(27)25-18-11-10-16-6-3-4-7-17(16)12-18/h3-13,21H,2,14-15H2,1H3,(H,25,27)/t21-/m0/s1. The molecule has 1 aliphatic rings. The molecule has 3 amide bonds. The van der Waals surface area contributed by atoms with E-state index in [2.05, 4.69) is 5.32 Å². The number of anilines is 2. The number of nitrogens with one attached hydrogen (secondary N) is 1. The van der Waals surface area contributed by atoms with Gasteiger partial charge >= 0.3 is 0 Å². The van der Waals surface area contributed by atoms with Gasteiger partial charge in [-0.3, -0.25) is 14.4 Å². The highest BCUT2D eigenvalue weighted by atomic mass is 32.2. The third-order valence-electron chi connectivity index (χ3n) is 4.94. The highest BCUT2D eigenvalue weighted by Crippen LogP contribution is 2.31. The Morgan fingerprint density at radius 3 is 2.68 bits per heavy atom. The number of ether oxygens (including phenoxy) is 1. The molecule has 31 heavy (non-hydrogen) atoms. The molecule has 1 saturated heterocycles. The van der Waals surface area contributed by atoms with E-state index in [0.717, 1.165) is 10.8 Å². The van der Waals surface area contributed by atoms with Crippen LogP contribution in [0.1, 0.15) is 13.3 Å². The van der Waals surface area contributed by atoms with Gasteiger partial charge < -0.3 is 10.1 Å². The number of amides is 3. The lowest BCUT2D eigenvalue weighted by Crippen LogP contribution is -2.31. The van der Waals surface area contributed by atoms with E-state index >= 15 is 0 Å². The average molecular weight is 435 g/mol. The second kappa shape index (κ2) is 9.22. The first-order valence-electron chi connectivity index (χ1n) is 10.0. The zero-order valence-electron chi connectivity index (χ0n) is 17.0. The third-order valence-corrected chi connectivity index (χ3v) is 6.14. The molecule has 0 saturated carbocycles. The first kappa shape index (κ1) is 20.9. The van der Waals surface area contributed by atoms with Crippen molar-refractivity contribution in [3.63, 3.8) is 0 Å². The van der Waals surface area contributed by atoms with Crippen LogP contribution in [0.25, 0.3) is 10.8 Å². The van der Waals surface area contributed by atoms with Crippen LogP contribution in [0.4, 0.5) is 11.4 Å². The molecule has 1 heterocycles. The van der Waals surface area contributed by atoms with E-state index in [1.165, 1.54) is 16.7 Å². The first-order chi connectivity index (χ1) is 15.0. The van der Waals surface area contributed by atoms with Crippen molar-refractivity contribution in [1.82, 2.24) is 0 Å². The predicted molar refractivity (Wildman–Crippen MR) is 124 cm³/mol. The monoisotopic (exact) mass is 434 g/mol. The van der Waals surface area contributed by atoms with Gasteiger partial charge in [-0.25, -0.2) is 4.90 Å². The number of imide groups is 1. The van der Waals surface area contributed by atoms with E-state index in [1.807, 2.05) is 49.4 Å². The Hall–Kier alpha value is -3.32. The Morgan fingerprint density at radius 1 is 1.06 bits per heavy atom. The number of fused-ring (bicyclic) bond motifs is 1. The molecule has 1 aliphatic heterocycles. The second-order valence-corrected chi connectivity index (χ2v) is 8.30. The van der Waals surface area contributed by atoms with E-state index in [0.29, 0.717) is 23.7 Å². The minimum Gasteiger partial charge on any atom is -0.494 e. The van der Waals surface area contributed by atoms with Crippen LogP contribution >= 0.6 is 11.8 Å². The van der Waals surface area contributed by atoms with Crippen molar-refractivity contribution in [2.24, 2.45) is 0 Å². The molecule has 6 nitrogen and oxygen atoms in total. The summed E-state index contributed by atoms with van der Waals surface area (Å²) in [6.07, 6.45) is 0.0750. The summed E-state index contributed by atoms with van der Waals surface area (Å²) < 4.78 is 5.46. The molecule has 0 unspecified atom stereocenters. The van der Waals surface area contributed by atoms with E-state index in [1.54, 1.807) is 24.3 Å². The van der Waals surface area contributed by atoms with E-state index in [9.17, 15) is 14.4 Å². The lowest BCUT2D eigenvalue weighted by atomic mass is 10.1. The molecule has 158 valence electrons. The molecule has 3 aromatic rings. The molecule has 1 atom stereocenters. The molecule has 0 radical (unpaired) electrons. The summed E-state index contributed by atoms with van der Waals surface area (Å²) in [5.74, 6) is -0.0967. The van der Waals surface area contributed by atoms with Crippen molar-refractivity contribution in [1.29, 1.82) is 0 Å². The molecular formula is C24H22N2O4S. The summed E-state index contributed by atoms with van der Waals surface area (Å²) in [4.78, 5) is 38.9. The van der Waals surface area contributed by atoms with E-state index < -0.39 is 5.25 Å². The maximum absolute atomic E-state index is 12.8. The van der Waals surface area contributed by atoms with Gasteiger partial charge in [-0.05, 0) is 42.0 Å². The molecule has 0 aromatic heterocycles. The van der Waals surface area contributed by atoms with Gasteiger partial charge in [0.25, 0.3) is 0 Å². The number of hydrogen-bond donors (Lipinski definition) is 1. The normalized spacial score (nSPS) is 16.0. The van der Waals surface area contributed by atoms with Crippen LogP contribution in [-0.4, -0.2) is 35.3 Å². The average Bonchev–Trinajstić information content (AvgIpc) is 3.05. The maximum Gasteiger partial charge on any atom is 0.247 e. The van der Waals surface area contributed by atoms with Crippen molar-refractivity contribution < 1.29 is 19.1 Å². The smallest absolute Gasteiger partial charge is 0.247 e. The van der Waals surface area contributed by atoms with Gasteiger partial charge in [0.2, 0.25) is 17.7 Å². The van der Waals surface area contributed by atoms with Gasteiger partial charge in [0, 0.05) is 18.2 Å². The topological polar surface area (TPSA) is 75.7 Å². The molecule has 1 fully saturated rings. The first-order valence-corrected chi connectivity index (χ1v) is 11.1. The summed E-state index contributed by atoms with van der Waals surface area (Å²) in [7, 11) is 0. The fraction of sp³-hybridized carbons (Fsp3) is 0.208. The second-order valence-electron chi connectivity index (χ2n) is 7.11. The summed E-state index contributed by atoms with van der Waals surface area (Å²) in [5.41, 5.74) is 1.19. The summed E-state index contributed by atoms with van der Waals surface area (Å²) in [6.45, 7) is 2.37. The van der Waals surface area contributed by atoms with Crippen LogP contribution in [0.3, 0.4) is 0 Å². The van der Waals surface area contributed by atoms with Crippen molar-refractivity contribution in [3.05, 3.63) is 66.7 Å².